The lowest BCUT2D eigenvalue weighted by Gasteiger charge is -2.28. The van der Waals surface area contributed by atoms with E-state index in [4.69, 9.17) is 4.74 Å². The van der Waals surface area contributed by atoms with E-state index >= 15 is 0 Å². The van der Waals surface area contributed by atoms with E-state index in [2.05, 4.69) is 15.1 Å². The lowest BCUT2D eigenvalue weighted by atomic mass is 10.1. The van der Waals surface area contributed by atoms with E-state index in [1.54, 1.807) is 0 Å². The van der Waals surface area contributed by atoms with Crippen LogP contribution in [0.1, 0.15) is 81.0 Å². The number of hydrogen-bond acceptors (Lipinski definition) is 4. The van der Waals surface area contributed by atoms with E-state index in [0.717, 1.165) is 62.9 Å². The summed E-state index contributed by atoms with van der Waals surface area (Å²) in [5.74, 6) is 1.05. The highest BCUT2D eigenvalue weighted by Gasteiger charge is 2.31. The van der Waals surface area contributed by atoms with Crippen molar-refractivity contribution in [1.82, 2.24) is 15.1 Å². The number of rotatable bonds is 11. The van der Waals surface area contributed by atoms with Crippen molar-refractivity contribution in [2.24, 2.45) is 0 Å². The maximum absolute atomic E-state index is 13.1. The fourth-order valence-corrected chi connectivity index (χ4v) is 5.45. The van der Waals surface area contributed by atoms with Gasteiger partial charge >= 0.3 is 0 Å². The third-order valence-electron chi connectivity index (χ3n) is 7.28. The number of hydrogen-bond donors (Lipinski definition) is 1. The van der Waals surface area contributed by atoms with E-state index in [9.17, 15) is 4.79 Å². The van der Waals surface area contributed by atoms with E-state index in [1.165, 1.54) is 64.5 Å². The van der Waals surface area contributed by atoms with Gasteiger partial charge in [-0.2, -0.15) is 0 Å². The van der Waals surface area contributed by atoms with Crippen LogP contribution in [0.25, 0.3) is 0 Å². The van der Waals surface area contributed by atoms with Gasteiger partial charge in [-0.15, -0.1) is 0 Å². The summed E-state index contributed by atoms with van der Waals surface area (Å²) in [4.78, 5) is 17.7. The number of unbranched alkanes of at least 4 members (excludes halogenated alkanes) is 2. The summed E-state index contributed by atoms with van der Waals surface area (Å²) in [6.07, 6.45) is 13.9. The van der Waals surface area contributed by atoms with Crippen molar-refractivity contribution in [3.05, 3.63) is 29.8 Å². The first-order chi connectivity index (χ1) is 15.3. The second kappa shape index (κ2) is 11.9. The molecule has 1 N–H and O–H groups in total. The van der Waals surface area contributed by atoms with Gasteiger partial charge in [0.1, 0.15) is 5.75 Å². The molecule has 0 unspecified atom stereocenters. The third-order valence-corrected chi connectivity index (χ3v) is 7.28. The number of benzene rings is 1. The van der Waals surface area contributed by atoms with Gasteiger partial charge in [0.15, 0.2) is 0 Å². The van der Waals surface area contributed by atoms with Crippen LogP contribution in [-0.2, 0) is 0 Å². The highest BCUT2D eigenvalue weighted by atomic mass is 16.5. The normalized spacial score (nSPS) is 22.5. The van der Waals surface area contributed by atoms with Crippen molar-refractivity contribution in [1.29, 1.82) is 0 Å². The number of amides is 1. The Morgan fingerprint density at radius 2 is 1.68 bits per heavy atom. The molecule has 3 fully saturated rings. The van der Waals surface area contributed by atoms with Crippen molar-refractivity contribution in [2.45, 2.75) is 82.7 Å². The molecular formula is C26H41N3O2. The van der Waals surface area contributed by atoms with E-state index in [-0.39, 0.29) is 5.91 Å². The number of nitrogens with zero attached hydrogens (tertiary/aromatic N) is 2. The molecule has 172 valence electrons. The zero-order valence-electron chi connectivity index (χ0n) is 19.2. The Morgan fingerprint density at radius 1 is 0.903 bits per heavy atom. The van der Waals surface area contributed by atoms with Crippen LogP contribution in [0.3, 0.4) is 0 Å². The van der Waals surface area contributed by atoms with Crippen LogP contribution in [0.15, 0.2) is 24.3 Å². The zero-order valence-corrected chi connectivity index (χ0v) is 19.2. The minimum absolute atomic E-state index is 0.183. The van der Waals surface area contributed by atoms with Gasteiger partial charge in [0.25, 0.3) is 5.91 Å². The second-order valence-corrected chi connectivity index (χ2v) is 9.67. The molecule has 2 heterocycles. The first-order valence-electron chi connectivity index (χ1n) is 12.8. The minimum atomic E-state index is 0.183. The van der Waals surface area contributed by atoms with Crippen molar-refractivity contribution >= 4 is 5.91 Å². The van der Waals surface area contributed by atoms with E-state index < -0.39 is 0 Å². The predicted octanol–water partition coefficient (Wildman–Crippen LogP) is 4.47. The molecular weight excluding hydrogens is 386 g/mol. The largest absolute Gasteiger partial charge is 0.494 e. The maximum Gasteiger partial charge on any atom is 0.254 e. The molecule has 1 amide bonds. The molecule has 1 saturated carbocycles. The van der Waals surface area contributed by atoms with Gasteiger partial charge in [0, 0.05) is 30.7 Å². The van der Waals surface area contributed by atoms with Crippen molar-refractivity contribution in [2.75, 3.05) is 39.3 Å². The highest BCUT2D eigenvalue weighted by Crippen LogP contribution is 2.23. The predicted molar refractivity (Wildman–Crippen MR) is 126 cm³/mol. The Labute approximate surface area is 188 Å². The van der Waals surface area contributed by atoms with Gasteiger partial charge in [-0.3, -0.25) is 4.79 Å². The summed E-state index contributed by atoms with van der Waals surface area (Å²) < 4.78 is 5.90. The van der Waals surface area contributed by atoms with Gasteiger partial charge < -0.3 is 19.9 Å². The summed E-state index contributed by atoms with van der Waals surface area (Å²) in [7, 11) is 0. The number of ether oxygens (including phenoxy) is 1. The lowest BCUT2D eigenvalue weighted by molar-refractivity contribution is 0.0708. The molecule has 2 aliphatic heterocycles. The van der Waals surface area contributed by atoms with Crippen molar-refractivity contribution in [3.8, 4) is 5.75 Å². The lowest BCUT2D eigenvalue weighted by Crippen LogP contribution is -2.42. The Morgan fingerprint density at radius 3 is 2.45 bits per heavy atom. The molecule has 0 radical (unpaired) electrons. The van der Waals surface area contributed by atoms with Crippen molar-refractivity contribution in [3.63, 3.8) is 0 Å². The standard InChI is InChI=1S/C26H41N3O2/c30-26(29-19-8-11-24(29)21-28-17-5-6-18-28)22-12-14-25(15-13-22)31-20-7-1-4-16-27-23-9-2-3-10-23/h12-15,23-24,27H,1-11,16-21H2/t24-/m0/s1. The quantitative estimate of drug-likeness (QED) is 0.529. The fourth-order valence-electron chi connectivity index (χ4n) is 5.45. The second-order valence-electron chi connectivity index (χ2n) is 9.67. The van der Waals surface area contributed by atoms with Crippen LogP contribution in [0.5, 0.6) is 5.75 Å². The molecule has 5 heteroatoms. The summed E-state index contributed by atoms with van der Waals surface area (Å²) in [6.45, 7) is 6.22. The first-order valence-corrected chi connectivity index (χ1v) is 12.8. The number of likely N-dealkylation sites (tertiary alicyclic amines) is 2. The molecule has 1 aromatic carbocycles. The molecule has 3 aliphatic rings. The monoisotopic (exact) mass is 427 g/mol. The van der Waals surface area contributed by atoms with Crippen LogP contribution >= 0.6 is 0 Å². The zero-order chi connectivity index (χ0) is 21.3. The molecule has 0 aromatic heterocycles. The Kier molecular flexibility index (Phi) is 8.65. The Hall–Kier alpha value is -1.59. The molecule has 1 aromatic rings. The topological polar surface area (TPSA) is 44.8 Å². The SMILES string of the molecule is O=C(c1ccc(OCCCCCNC2CCCC2)cc1)N1CCC[C@H]1CN1CCCC1. The number of nitrogens with one attached hydrogen (secondary N) is 1. The summed E-state index contributed by atoms with van der Waals surface area (Å²) in [5.41, 5.74) is 0.790. The molecule has 31 heavy (non-hydrogen) atoms. The summed E-state index contributed by atoms with van der Waals surface area (Å²) >= 11 is 0. The van der Waals surface area contributed by atoms with Crippen LogP contribution in [0, 0.1) is 0 Å². The number of carbonyl (C=O) groups excluding carboxylic acids is 1. The summed E-state index contributed by atoms with van der Waals surface area (Å²) in [6, 6.07) is 8.95. The molecule has 0 spiro atoms. The minimum Gasteiger partial charge on any atom is -0.494 e. The van der Waals surface area contributed by atoms with Gasteiger partial charge in [-0.05, 0) is 102 Å². The molecule has 5 nitrogen and oxygen atoms in total. The van der Waals surface area contributed by atoms with Crippen LogP contribution in [0.2, 0.25) is 0 Å². The average molecular weight is 428 g/mol. The third kappa shape index (κ3) is 6.69. The van der Waals surface area contributed by atoms with Crippen LogP contribution in [0.4, 0.5) is 0 Å². The fraction of sp³-hybridized carbons (Fsp3) is 0.731. The molecule has 0 bridgehead atoms. The summed E-state index contributed by atoms with van der Waals surface area (Å²) in [5, 5.41) is 3.67. The number of carbonyl (C=O) groups is 1. The van der Waals surface area contributed by atoms with Crippen LogP contribution in [-0.4, -0.2) is 67.1 Å². The van der Waals surface area contributed by atoms with Gasteiger partial charge in [0.2, 0.25) is 0 Å². The van der Waals surface area contributed by atoms with E-state index in [0.29, 0.717) is 6.04 Å². The van der Waals surface area contributed by atoms with E-state index in [1.807, 2.05) is 24.3 Å². The smallest absolute Gasteiger partial charge is 0.254 e. The first kappa shape index (κ1) is 22.6. The average Bonchev–Trinajstić information content (AvgIpc) is 3.57. The van der Waals surface area contributed by atoms with Crippen molar-refractivity contribution < 1.29 is 9.53 Å². The molecule has 2 saturated heterocycles. The maximum atomic E-state index is 13.1. The Bertz CT molecular complexity index is 666. The van der Waals surface area contributed by atoms with Gasteiger partial charge in [-0.1, -0.05) is 12.8 Å². The van der Waals surface area contributed by atoms with Gasteiger partial charge in [-0.25, -0.2) is 0 Å². The van der Waals surface area contributed by atoms with Crippen LogP contribution < -0.4 is 10.1 Å². The molecule has 1 aliphatic carbocycles. The highest BCUT2D eigenvalue weighted by molar-refractivity contribution is 5.94. The molecule has 4 rings (SSSR count). The Balaban J connectivity index is 1.14. The molecule has 1 atom stereocenters. The van der Waals surface area contributed by atoms with Gasteiger partial charge in [0.05, 0.1) is 6.61 Å².